The molecule has 1 amide bonds. The Hall–Kier alpha value is -2.34. The molecular formula is C20H24N2O3S. The van der Waals surface area contributed by atoms with Gasteiger partial charge in [0.1, 0.15) is 0 Å². The Labute approximate surface area is 155 Å². The van der Waals surface area contributed by atoms with Crippen molar-refractivity contribution in [1.29, 1.82) is 0 Å². The second-order valence-electron chi connectivity index (χ2n) is 7.61. The topological polar surface area (TPSA) is 66.5 Å². The quantitative estimate of drug-likeness (QED) is 0.893. The predicted molar refractivity (Wildman–Crippen MR) is 104 cm³/mol. The van der Waals surface area contributed by atoms with Gasteiger partial charge < -0.3 is 4.90 Å². The average molecular weight is 372 g/mol. The van der Waals surface area contributed by atoms with Gasteiger partial charge in [-0.15, -0.1) is 0 Å². The number of nitrogens with zero attached hydrogens (tertiary/aromatic N) is 1. The van der Waals surface area contributed by atoms with Crippen molar-refractivity contribution in [3.63, 3.8) is 0 Å². The van der Waals surface area contributed by atoms with Gasteiger partial charge in [-0.3, -0.25) is 9.52 Å². The highest BCUT2D eigenvalue weighted by Gasteiger charge is 2.27. The molecule has 0 aliphatic carbocycles. The predicted octanol–water partition coefficient (Wildman–Crippen LogP) is 3.69. The minimum atomic E-state index is -3.73. The third-order valence-corrected chi connectivity index (χ3v) is 6.03. The number of hydrogen-bond acceptors (Lipinski definition) is 3. The number of anilines is 2. The maximum absolute atomic E-state index is 12.8. The summed E-state index contributed by atoms with van der Waals surface area (Å²) in [5, 5.41) is 0. The van der Waals surface area contributed by atoms with Crippen LogP contribution >= 0.6 is 0 Å². The third kappa shape index (κ3) is 3.46. The second kappa shape index (κ2) is 6.43. The largest absolute Gasteiger partial charge is 0.310 e. The number of carbonyl (C=O) groups excluding carboxylic acids is 1. The number of rotatable bonds is 3. The maximum Gasteiger partial charge on any atom is 0.261 e. The van der Waals surface area contributed by atoms with Gasteiger partial charge in [-0.2, -0.15) is 0 Å². The molecule has 0 bridgehead atoms. The fraction of sp³-hybridized carbons (Fsp3) is 0.350. The van der Waals surface area contributed by atoms with Crippen LogP contribution in [0, 0.1) is 0 Å². The van der Waals surface area contributed by atoms with E-state index in [9.17, 15) is 13.2 Å². The third-order valence-electron chi connectivity index (χ3n) is 4.65. The standard InChI is InChI=1S/C20H24N2O3S/c1-14(23)22-13-12-15-6-5-7-18(19(15)22)21-26(24,25)17-10-8-16(9-11-17)20(2,3)4/h5-11,21H,12-13H2,1-4H3. The smallest absolute Gasteiger partial charge is 0.261 e. The Kier molecular flexibility index (Phi) is 4.56. The number of para-hydroxylation sites is 1. The van der Waals surface area contributed by atoms with E-state index in [1.54, 1.807) is 23.1 Å². The van der Waals surface area contributed by atoms with Gasteiger partial charge in [0.2, 0.25) is 5.91 Å². The van der Waals surface area contributed by atoms with Crippen molar-refractivity contribution in [3.05, 3.63) is 53.6 Å². The number of benzene rings is 2. The van der Waals surface area contributed by atoms with Crippen LogP contribution in [0.1, 0.15) is 38.8 Å². The number of amides is 1. The molecule has 5 nitrogen and oxygen atoms in total. The van der Waals surface area contributed by atoms with E-state index in [0.717, 1.165) is 17.5 Å². The van der Waals surface area contributed by atoms with Crippen LogP contribution in [-0.4, -0.2) is 20.9 Å². The van der Waals surface area contributed by atoms with Gasteiger partial charge in [0.15, 0.2) is 0 Å². The van der Waals surface area contributed by atoms with E-state index in [0.29, 0.717) is 17.9 Å². The monoisotopic (exact) mass is 372 g/mol. The Bertz CT molecular complexity index is 942. The molecule has 0 spiro atoms. The summed E-state index contributed by atoms with van der Waals surface area (Å²) >= 11 is 0. The number of nitrogens with one attached hydrogen (secondary N) is 1. The van der Waals surface area contributed by atoms with Gasteiger partial charge in [0.25, 0.3) is 10.0 Å². The fourth-order valence-electron chi connectivity index (χ4n) is 3.19. The molecule has 0 atom stereocenters. The Morgan fingerprint density at radius 3 is 2.31 bits per heavy atom. The van der Waals surface area contributed by atoms with Crippen LogP contribution in [0.15, 0.2) is 47.4 Å². The highest BCUT2D eigenvalue weighted by atomic mass is 32.2. The first kappa shape index (κ1) is 18.5. The molecule has 138 valence electrons. The van der Waals surface area contributed by atoms with Crippen molar-refractivity contribution >= 4 is 27.3 Å². The summed E-state index contributed by atoms with van der Waals surface area (Å²) in [7, 11) is -3.73. The molecule has 0 radical (unpaired) electrons. The molecule has 1 aliphatic rings. The maximum atomic E-state index is 12.8. The van der Waals surface area contributed by atoms with Crippen molar-refractivity contribution in [2.24, 2.45) is 0 Å². The average Bonchev–Trinajstić information content (AvgIpc) is 2.99. The second-order valence-corrected chi connectivity index (χ2v) is 9.30. The van der Waals surface area contributed by atoms with Gasteiger partial charge in [0.05, 0.1) is 16.3 Å². The summed E-state index contributed by atoms with van der Waals surface area (Å²) in [6.07, 6.45) is 0.727. The molecular weight excluding hydrogens is 348 g/mol. The molecule has 2 aromatic rings. The molecule has 26 heavy (non-hydrogen) atoms. The van der Waals surface area contributed by atoms with Gasteiger partial charge in [0, 0.05) is 13.5 Å². The molecule has 0 fully saturated rings. The minimum absolute atomic E-state index is 0.0437. The van der Waals surface area contributed by atoms with E-state index >= 15 is 0 Å². The Morgan fingerprint density at radius 1 is 1.08 bits per heavy atom. The van der Waals surface area contributed by atoms with Crippen LogP contribution in [0.3, 0.4) is 0 Å². The Morgan fingerprint density at radius 2 is 1.73 bits per heavy atom. The molecule has 6 heteroatoms. The molecule has 0 saturated carbocycles. The highest BCUT2D eigenvalue weighted by molar-refractivity contribution is 7.92. The van der Waals surface area contributed by atoms with Crippen molar-refractivity contribution in [1.82, 2.24) is 0 Å². The zero-order valence-electron chi connectivity index (χ0n) is 15.5. The Balaban J connectivity index is 1.94. The van der Waals surface area contributed by atoms with Crippen LogP contribution in [0.5, 0.6) is 0 Å². The SMILES string of the molecule is CC(=O)N1CCc2cccc(NS(=O)(=O)c3ccc(C(C)(C)C)cc3)c21. The van der Waals surface area contributed by atoms with E-state index in [-0.39, 0.29) is 16.2 Å². The first-order valence-corrected chi connectivity index (χ1v) is 10.1. The summed E-state index contributed by atoms with van der Waals surface area (Å²) in [5.74, 6) is -0.0927. The van der Waals surface area contributed by atoms with Crippen LogP contribution < -0.4 is 9.62 Å². The lowest BCUT2D eigenvalue weighted by Crippen LogP contribution is -2.27. The molecule has 0 unspecified atom stereocenters. The molecule has 1 heterocycles. The number of hydrogen-bond donors (Lipinski definition) is 1. The fourth-order valence-corrected chi connectivity index (χ4v) is 4.26. The van der Waals surface area contributed by atoms with Gasteiger partial charge in [-0.25, -0.2) is 8.42 Å². The lowest BCUT2D eigenvalue weighted by Gasteiger charge is -2.21. The van der Waals surface area contributed by atoms with E-state index in [4.69, 9.17) is 0 Å². The highest BCUT2D eigenvalue weighted by Crippen LogP contribution is 2.36. The summed E-state index contributed by atoms with van der Waals surface area (Å²) < 4.78 is 28.3. The zero-order valence-corrected chi connectivity index (χ0v) is 16.4. The van der Waals surface area contributed by atoms with Crippen LogP contribution in [0.4, 0.5) is 11.4 Å². The van der Waals surface area contributed by atoms with E-state index in [1.807, 2.05) is 24.3 Å². The summed E-state index contributed by atoms with van der Waals surface area (Å²) in [4.78, 5) is 13.7. The molecule has 1 N–H and O–H groups in total. The molecule has 3 rings (SSSR count). The van der Waals surface area contributed by atoms with Crippen molar-refractivity contribution < 1.29 is 13.2 Å². The summed E-state index contributed by atoms with van der Waals surface area (Å²) in [6.45, 7) is 8.31. The first-order chi connectivity index (χ1) is 12.1. The molecule has 2 aromatic carbocycles. The normalized spacial score (nSPS) is 14.2. The van der Waals surface area contributed by atoms with Crippen molar-refractivity contribution in [2.45, 2.75) is 44.4 Å². The van der Waals surface area contributed by atoms with E-state index < -0.39 is 10.0 Å². The van der Waals surface area contributed by atoms with Gasteiger partial charge in [-0.1, -0.05) is 45.0 Å². The van der Waals surface area contributed by atoms with Gasteiger partial charge >= 0.3 is 0 Å². The zero-order chi connectivity index (χ0) is 19.1. The minimum Gasteiger partial charge on any atom is -0.310 e. The molecule has 0 saturated heterocycles. The number of carbonyl (C=O) groups is 1. The lowest BCUT2D eigenvalue weighted by molar-refractivity contribution is -0.116. The number of sulfonamides is 1. The summed E-state index contributed by atoms with van der Waals surface area (Å²) in [5.41, 5.74) is 3.10. The number of fused-ring (bicyclic) bond motifs is 1. The van der Waals surface area contributed by atoms with Crippen molar-refractivity contribution in [3.8, 4) is 0 Å². The van der Waals surface area contributed by atoms with E-state index in [1.165, 1.54) is 6.92 Å². The first-order valence-electron chi connectivity index (χ1n) is 8.63. The molecule has 0 aromatic heterocycles. The van der Waals surface area contributed by atoms with Crippen LogP contribution in [0.2, 0.25) is 0 Å². The lowest BCUT2D eigenvalue weighted by atomic mass is 9.87. The van der Waals surface area contributed by atoms with E-state index in [2.05, 4.69) is 25.5 Å². The van der Waals surface area contributed by atoms with Crippen molar-refractivity contribution in [2.75, 3.05) is 16.2 Å². The van der Waals surface area contributed by atoms with Crippen LogP contribution in [-0.2, 0) is 26.7 Å². The molecule has 1 aliphatic heterocycles. The summed E-state index contributed by atoms with van der Waals surface area (Å²) in [6, 6.07) is 12.3. The van der Waals surface area contributed by atoms with Crippen LogP contribution in [0.25, 0.3) is 0 Å². The van der Waals surface area contributed by atoms with Gasteiger partial charge in [-0.05, 0) is 41.2 Å².